The summed E-state index contributed by atoms with van der Waals surface area (Å²) in [6.07, 6.45) is 3.81. The second kappa shape index (κ2) is 3.70. The molecule has 0 unspecified atom stereocenters. The van der Waals surface area contributed by atoms with Crippen LogP contribution < -0.4 is 0 Å². The van der Waals surface area contributed by atoms with Gasteiger partial charge in [0.2, 0.25) is 0 Å². The van der Waals surface area contributed by atoms with Crippen molar-refractivity contribution >= 4 is 10.9 Å². The maximum Gasteiger partial charge on any atom is 0.0741 e. The van der Waals surface area contributed by atoms with Crippen molar-refractivity contribution in [3.63, 3.8) is 0 Å². The summed E-state index contributed by atoms with van der Waals surface area (Å²) in [5.41, 5.74) is 4.31. The Kier molecular flexibility index (Phi) is 2.18. The number of fused-ring (bicyclic) bond motifs is 1. The molecule has 3 heteroatoms. The standard InChI is InChI=1S/C14H13N3/c1-10-4-3-5-14-12(10)6-7-13(16-14)11-8-15-17(2)9-11/h3-9H,1-2H3. The minimum atomic E-state index is 0.969. The summed E-state index contributed by atoms with van der Waals surface area (Å²) in [5, 5.41) is 5.38. The van der Waals surface area contributed by atoms with E-state index in [0.29, 0.717) is 0 Å². The summed E-state index contributed by atoms with van der Waals surface area (Å²) in [4.78, 5) is 4.67. The van der Waals surface area contributed by atoms with E-state index in [2.05, 4.69) is 29.1 Å². The molecule has 0 spiro atoms. The summed E-state index contributed by atoms with van der Waals surface area (Å²) in [6, 6.07) is 10.4. The average molecular weight is 223 g/mol. The average Bonchev–Trinajstić information content (AvgIpc) is 2.76. The Morgan fingerprint density at radius 1 is 1.12 bits per heavy atom. The van der Waals surface area contributed by atoms with Crippen molar-refractivity contribution in [1.29, 1.82) is 0 Å². The molecule has 3 rings (SSSR count). The van der Waals surface area contributed by atoms with Crippen LogP contribution in [0.1, 0.15) is 5.56 Å². The van der Waals surface area contributed by atoms with Gasteiger partial charge in [0, 0.05) is 24.2 Å². The largest absolute Gasteiger partial charge is 0.275 e. The summed E-state index contributed by atoms with van der Waals surface area (Å²) in [6.45, 7) is 2.10. The molecular formula is C14H13N3. The number of hydrogen-bond acceptors (Lipinski definition) is 2. The summed E-state index contributed by atoms with van der Waals surface area (Å²) in [7, 11) is 1.91. The topological polar surface area (TPSA) is 30.7 Å². The lowest BCUT2D eigenvalue weighted by atomic mass is 10.1. The number of pyridine rings is 1. The SMILES string of the molecule is Cc1cccc2nc(-c3cnn(C)c3)ccc12. The highest BCUT2D eigenvalue weighted by Gasteiger charge is 2.04. The van der Waals surface area contributed by atoms with Crippen LogP contribution in [0.4, 0.5) is 0 Å². The van der Waals surface area contributed by atoms with Crippen molar-refractivity contribution < 1.29 is 0 Å². The Labute approximate surface area is 99.7 Å². The van der Waals surface area contributed by atoms with Gasteiger partial charge in [0.25, 0.3) is 0 Å². The highest BCUT2D eigenvalue weighted by Crippen LogP contribution is 2.22. The van der Waals surface area contributed by atoms with Crippen LogP contribution in [0.15, 0.2) is 42.7 Å². The summed E-state index contributed by atoms with van der Waals surface area (Å²) >= 11 is 0. The first-order valence-electron chi connectivity index (χ1n) is 5.59. The van der Waals surface area contributed by atoms with Gasteiger partial charge in [0.1, 0.15) is 0 Å². The van der Waals surface area contributed by atoms with E-state index >= 15 is 0 Å². The third-order valence-corrected chi connectivity index (χ3v) is 2.95. The van der Waals surface area contributed by atoms with Gasteiger partial charge < -0.3 is 0 Å². The van der Waals surface area contributed by atoms with Gasteiger partial charge in [-0.3, -0.25) is 4.68 Å². The molecule has 84 valence electrons. The molecule has 0 aliphatic rings. The maximum absolute atomic E-state index is 4.67. The molecule has 0 atom stereocenters. The molecule has 0 aliphatic heterocycles. The van der Waals surface area contributed by atoms with Crippen molar-refractivity contribution in [3.05, 3.63) is 48.3 Å². The van der Waals surface area contributed by atoms with Crippen molar-refractivity contribution in [3.8, 4) is 11.3 Å². The Morgan fingerprint density at radius 2 is 2.00 bits per heavy atom. The molecule has 2 heterocycles. The number of hydrogen-bond donors (Lipinski definition) is 0. The summed E-state index contributed by atoms with van der Waals surface area (Å²) < 4.78 is 1.79. The smallest absolute Gasteiger partial charge is 0.0741 e. The minimum absolute atomic E-state index is 0.969. The molecule has 0 fully saturated rings. The maximum atomic E-state index is 4.67. The zero-order valence-electron chi connectivity index (χ0n) is 9.88. The van der Waals surface area contributed by atoms with E-state index in [0.717, 1.165) is 16.8 Å². The first-order valence-corrected chi connectivity index (χ1v) is 5.59. The number of nitrogens with zero attached hydrogens (tertiary/aromatic N) is 3. The molecule has 0 saturated carbocycles. The van der Waals surface area contributed by atoms with Crippen LogP contribution in [0.3, 0.4) is 0 Å². The third kappa shape index (κ3) is 1.69. The van der Waals surface area contributed by atoms with Crippen LogP contribution in [0.5, 0.6) is 0 Å². The highest BCUT2D eigenvalue weighted by molar-refractivity contribution is 5.84. The zero-order valence-corrected chi connectivity index (χ0v) is 9.88. The third-order valence-electron chi connectivity index (χ3n) is 2.95. The zero-order chi connectivity index (χ0) is 11.8. The van der Waals surface area contributed by atoms with E-state index in [-0.39, 0.29) is 0 Å². The Morgan fingerprint density at radius 3 is 2.76 bits per heavy atom. The monoisotopic (exact) mass is 223 g/mol. The van der Waals surface area contributed by atoms with Crippen molar-refractivity contribution in [2.75, 3.05) is 0 Å². The van der Waals surface area contributed by atoms with Crippen molar-refractivity contribution in [2.45, 2.75) is 6.92 Å². The molecule has 3 nitrogen and oxygen atoms in total. The normalized spacial score (nSPS) is 10.9. The lowest BCUT2D eigenvalue weighted by Gasteiger charge is -2.03. The van der Waals surface area contributed by atoms with Gasteiger partial charge in [0.15, 0.2) is 0 Å². The van der Waals surface area contributed by atoms with E-state index in [9.17, 15) is 0 Å². The van der Waals surface area contributed by atoms with Gasteiger partial charge in [-0.15, -0.1) is 0 Å². The number of aryl methyl sites for hydroxylation is 2. The lowest BCUT2D eigenvalue weighted by Crippen LogP contribution is -1.86. The second-order valence-corrected chi connectivity index (χ2v) is 4.24. The van der Waals surface area contributed by atoms with Crippen LogP contribution in [0.2, 0.25) is 0 Å². The van der Waals surface area contributed by atoms with Crippen LogP contribution in [0, 0.1) is 6.92 Å². The number of rotatable bonds is 1. The number of benzene rings is 1. The first-order chi connectivity index (χ1) is 8.24. The van der Waals surface area contributed by atoms with Gasteiger partial charge >= 0.3 is 0 Å². The Bertz CT molecular complexity index is 683. The Balaban J connectivity index is 2.20. The molecule has 0 bridgehead atoms. The van der Waals surface area contributed by atoms with Crippen LogP contribution in [-0.2, 0) is 7.05 Å². The predicted molar refractivity (Wildman–Crippen MR) is 68.7 cm³/mol. The van der Waals surface area contributed by atoms with Crippen molar-refractivity contribution in [2.24, 2.45) is 7.05 Å². The molecule has 0 saturated heterocycles. The lowest BCUT2D eigenvalue weighted by molar-refractivity contribution is 0.768. The van der Waals surface area contributed by atoms with Gasteiger partial charge in [-0.25, -0.2) is 4.98 Å². The number of aromatic nitrogens is 3. The molecule has 0 radical (unpaired) electrons. The molecule has 0 N–H and O–H groups in total. The quantitative estimate of drug-likeness (QED) is 0.635. The van der Waals surface area contributed by atoms with E-state index in [1.54, 1.807) is 4.68 Å². The first kappa shape index (κ1) is 10.0. The fourth-order valence-corrected chi connectivity index (χ4v) is 2.02. The molecule has 3 aromatic rings. The predicted octanol–water partition coefficient (Wildman–Crippen LogP) is 2.94. The van der Waals surface area contributed by atoms with Gasteiger partial charge in [0.05, 0.1) is 17.4 Å². The van der Waals surface area contributed by atoms with Gasteiger partial charge in [-0.1, -0.05) is 18.2 Å². The molecular weight excluding hydrogens is 210 g/mol. The minimum Gasteiger partial charge on any atom is -0.275 e. The van der Waals surface area contributed by atoms with Crippen LogP contribution >= 0.6 is 0 Å². The fraction of sp³-hybridized carbons (Fsp3) is 0.143. The van der Waals surface area contributed by atoms with E-state index in [4.69, 9.17) is 0 Å². The summed E-state index contributed by atoms with van der Waals surface area (Å²) in [5.74, 6) is 0. The van der Waals surface area contributed by atoms with Crippen LogP contribution in [-0.4, -0.2) is 14.8 Å². The fourth-order valence-electron chi connectivity index (χ4n) is 2.02. The van der Waals surface area contributed by atoms with E-state index in [1.165, 1.54) is 10.9 Å². The molecule has 17 heavy (non-hydrogen) atoms. The second-order valence-electron chi connectivity index (χ2n) is 4.24. The van der Waals surface area contributed by atoms with Gasteiger partial charge in [-0.2, -0.15) is 5.10 Å². The molecule has 1 aromatic carbocycles. The molecule has 0 aliphatic carbocycles. The highest BCUT2D eigenvalue weighted by atomic mass is 15.2. The van der Waals surface area contributed by atoms with E-state index in [1.807, 2.05) is 37.6 Å². The molecule has 2 aromatic heterocycles. The van der Waals surface area contributed by atoms with Crippen molar-refractivity contribution in [1.82, 2.24) is 14.8 Å². The van der Waals surface area contributed by atoms with Gasteiger partial charge in [-0.05, 0) is 24.6 Å². The Hall–Kier alpha value is -2.16. The van der Waals surface area contributed by atoms with Crippen LogP contribution in [0.25, 0.3) is 22.2 Å². The molecule has 0 amide bonds. The van der Waals surface area contributed by atoms with E-state index < -0.39 is 0 Å².